The maximum atomic E-state index is 12.5. The summed E-state index contributed by atoms with van der Waals surface area (Å²) >= 11 is 0. The topological polar surface area (TPSA) is 75.7 Å². The van der Waals surface area contributed by atoms with Gasteiger partial charge in [-0.15, -0.1) is 0 Å². The number of ether oxygens (including phenoxy) is 1. The number of amides is 2. The number of nitrogens with one attached hydrogen (secondary N) is 1. The number of hydrogen-bond donors (Lipinski definition) is 1. The summed E-state index contributed by atoms with van der Waals surface area (Å²) in [5, 5.41) is 2.72. The van der Waals surface area contributed by atoms with Gasteiger partial charge >= 0.3 is 5.97 Å². The minimum absolute atomic E-state index is 0.0683. The lowest BCUT2D eigenvalue weighted by atomic mass is 9.86. The number of benzene rings is 1. The third kappa shape index (κ3) is 2.68. The van der Waals surface area contributed by atoms with Crippen molar-refractivity contribution in [2.24, 2.45) is 5.92 Å². The van der Waals surface area contributed by atoms with Gasteiger partial charge in [-0.3, -0.25) is 19.3 Å². The van der Waals surface area contributed by atoms with Crippen molar-refractivity contribution in [1.29, 1.82) is 0 Å². The molecule has 1 fully saturated rings. The number of para-hydroxylation sites is 2. The average Bonchev–Trinajstić information content (AvgIpc) is 2.43. The molecule has 22 heavy (non-hydrogen) atoms. The third-order valence-corrected chi connectivity index (χ3v) is 4.12. The Balaban J connectivity index is 1.73. The Morgan fingerprint density at radius 3 is 2.73 bits per heavy atom. The minimum atomic E-state index is -0.896. The second-order valence-electron chi connectivity index (χ2n) is 5.70. The molecule has 1 aliphatic heterocycles. The molecule has 1 saturated carbocycles. The van der Waals surface area contributed by atoms with Gasteiger partial charge < -0.3 is 10.1 Å². The molecular weight excluding hydrogens is 284 g/mol. The first-order valence-corrected chi connectivity index (χ1v) is 7.47. The molecule has 0 aromatic heterocycles. The lowest BCUT2D eigenvalue weighted by Crippen LogP contribution is -2.47. The molecule has 1 atom stereocenters. The van der Waals surface area contributed by atoms with E-state index in [1.54, 1.807) is 31.2 Å². The normalized spacial score (nSPS) is 18.8. The maximum absolute atomic E-state index is 12.5. The lowest BCUT2D eigenvalue weighted by Gasteiger charge is -2.31. The van der Waals surface area contributed by atoms with Gasteiger partial charge in [-0.25, -0.2) is 0 Å². The summed E-state index contributed by atoms with van der Waals surface area (Å²) in [5.41, 5.74) is 1.21. The standard InChI is InChI=1S/C16H18N2O4/c1-10(22-16(21)11-5-4-6-11)15(20)18-9-14(19)17-12-7-2-3-8-13(12)18/h2-3,7-8,10-11H,4-6,9H2,1H3,(H,17,19). The SMILES string of the molecule is CC(OC(=O)C1CCC1)C(=O)N1CC(=O)Nc2ccccc21. The zero-order valence-electron chi connectivity index (χ0n) is 12.4. The molecule has 0 radical (unpaired) electrons. The van der Waals surface area contributed by atoms with E-state index >= 15 is 0 Å². The average molecular weight is 302 g/mol. The van der Waals surface area contributed by atoms with Gasteiger partial charge in [-0.2, -0.15) is 0 Å². The number of fused-ring (bicyclic) bond motifs is 1. The van der Waals surface area contributed by atoms with Crippen LogP contribution >= 0.6 is 0 Å². The molecule has 2 amide bonds. The summed E-state index contributed by atoms with van der Waals surface area (Å²) in [5.74, 6) is -1.03. The molecule has 0 saturated heterocycles. The molecular formula is C16H18N2O4. The summed E-state index contributed by atoms with van der Waals surface area (Å²) in [6.45, 7) is 1.48. The van der Waals surface area contributed by atoms with Crippen LogP contribution in [0.5, 0.6) is 0 Å². The van der Waals surface area contributed by atoms with Crippen LogP contribution in [0, 0.1) is 5.92 Å². The van der Waals surface area contributed by atoms with Crippen LogP contribution in [0.2, 0.25) is 0 Å². The van der Waals surface area contributed by atoms with Crippen molar-refractivity contribution >= 4 is 29.2 Å². The van der Waals surface area contributed by atoms with Crippen molar-refractivity contribution in [3.8, 4) is 0 Å². The number of carbonyl (C=O) groups excluding carboxylic acids is 3. The fourth-order valence-corrected chi connectivity index (χ4v) is 2.61. The fourth-order valence-electron chi connectivity index (χ4n) is 2.61. The monoisotopic (exact) mass is 302 g/mol. The van der Waals surface area contributed by atoms with Crippen molar-refractivity contribution in [1.82, 2.24) is 0 Å². The molecule has 1 aromatic carbocycles. The summed E-state index contributed by atoms with van der Waals surface area (Å²) < 4.78 is 5.26. The summed E-state index contributed by atoms with van der Waals surface area (Å²) in [4.78, 5) is 37.5. The van der Waals surface area contributed by atoms with Gasteiger partial charge in [0.1, 0.15) is 6.54 Å². The van der Waals surface area contributed by atoms with Gasteiger partial charge in [-0.1, -0.05) is 18.6 Å². The fraction of sp³-hybridized carbons (Fsp3) is 0.438. The molecule has 0 bridgehead atoms. The first-order valence-electron chi connectivity index (χ1n) is 7.47. The van der Waals surface area contributed by atoms with E-state index in [9.17, 15) is 14.4 Å². The molecule has 1 aliphatic carbocycles. The van der Waals surface area contributed by atoms with E-state index in [1.165, 1.54) is 4.90 Å². The second-order valence-corrected chi connectivity index (χ2v) is 5.70. The minimum Gasteiger partial charge on any atom is -0.452 e. The highest BCUT2D eigenvalue weighted by atomic mass is 16.5. The van der Waals surface area contributed by atoms with E-state index in [4.69, 9.17) is 4.74 Å². The van der Waals surface area contributed by atoms with Gasteiger partial charge in [0.2, 0.25) is 5.91 Å². The molecule has 116 valence electrons. The van der Waals surface area contributed by atoms with Crippen molar-refractivity contribution in [3.63, 3.8) is 0 Å². The van der Waals surface area contributed by atoms with Crippen LogP contribution in [0.15, 0.2) is 24.3 Å². The van der Waals surface area contributed by atoms with Crippen LogP contribution in [-0.4, -0.2) is 30.4 Å². The number of hydrogen-bond acceptors (Lipinski definition) is 4. The van der Waals surface area contributed by atoms with E-state index in [-0.39, 0.29) is 30.2 Å². The van der Waals surface area contributed by atoms with Crippen molar-refractivity contribution in [2.75, 3.05) is 16.8 Å². The van der Waals surface area contributed by atoms with Crippen LogP contribution in [0.3, 0.4) is 0 Å². The third-order valence-electron chi connectivity index (χ3n) is 4.12. The van der Waals surface area contributed by atoms with Crippen molar-refractivity contribution in [3.05, 3.63) is 24.3 Å². The Bertz CT molecular complexity index is 624. The van der Waals surface area contributed by atoms with Gasteiger partial charge in [0.05, 0.1) is 17.3 Å². The summed E-state index contributed by atoms with van der Waals surface area (Å²) in [7, 11) is 0. The first kappa shape index (κ1) is 14.6. The van der Waals surface area contributed by atoms with E-state index < -0.39 is 6.10 Å². The Hall–Kier alpha value is -2.37. The van der Waals surface area contributed by atoms with Crippen molar-refractivity contribution < 1.29 is 19.1 Å². The molecule has 3 rings (SSSR count). The molecule has 6 heteroatoms. The zero-order chi connectivity index (χ0) is 15.7. The van der Waals surface area contributed by atoms with E-state index in [0.717, 1.165) is 19.3 Å². The van der Waals surface area contributed by atoms with E-state index in [2.05, 4.69) is 5.32 Å². The van der Waals surface area contributed by atoms with Crippen LogP contribution in [-0.2, 0) is 19.1 Å². The van der Waals surface area contributed by atoms with Gasteiger partial charge in [0.15, 0.2) is 6.10 Å². The molecule has 2 aliphatic rings. The summed E-state index contributed by atoms with van der Waals surface area (Å²) in [6.07, 6.45) is 1.79. The molecule has 1 heterocycles. The highest BCUT2D eigenvalue weighted by Crippen LogP contribution is 2.30. The van der Waals surface area contributed by atoms with Crippen molar-refractivity contribution in [2.45, 2.75) is 32.3 Å². The number of carbonyl (C=O) groups is 3. The maximum Gasteiger partial charge on any atom is 0.309 e. The quantitative estimate of drug-likeness (QED) is 0.862. The molecule has 6 nitrogen and oxygen atoms in total. The van der Waals surface area contributed by atoms with Crippen LogP contribution in [0.1, 0.15) is 26.2 Å². The number of anilines is 2. The Labute approximate surface area is 128 Å². The first-order chi connectivity index (χ1) is 10.6. The Kier molecular flexibility index (Phi) is 3.83. The van der Waals surface area contributed by atoms with Crippen LogP contribution < -0.4 is 10.2 Å². The number of esters is 1. The predicted octanol–water partition coefficient (Wildman–Crippen LogP) is 1.70. The zero-order valence-corrected chi connectivity index (χ0v) is 12.4. The smallest absolute Gasteiger partial charge is 0.309 e. The molecule has 1 N–H and O–H groups in total. The largest absolute Gasteiger partial charge is 0.452 e. The lowest BCUT2D eigenvalue weighted by molar-refractivity contribution is -0.160. The number of nitrogens with zero attached hydrogens (tertiary/aromatic N) is 1. The molecule has 1 aromatic rings. The summed E-state index contributed by atoms with van der Waals surface area (Å²) in [6, 6.07) is 7.07. The Morgan fingerprint density at radius 1 is 1.32 bits per heavy atom. The van der Waals surface area contributed by atoms with Gasteiger partial charge in [0, 0.05) is 0 Å². The molecule has 0 spiro atoms. The number of rotatable bonds is 3. The van der Waals surface area contributed by atoms with Gasteiger partial charge in [0.25, 0.3) is 5.91 Å². The predicted molar refractivity (Wildman–Crippen MR) is 80.3 cm³/mol. The highest BCUT2D eigenvalue weighted by molar-refractivity contribution is 6.11. The second kappa shape index (κ2) is 5.79. The highest BCUT2D eigenvalue weighted by Gasteiger charge is 2.34. The Morgan fingerprint density at radius 2 is 2.05 bits per heavy atom. The van der Waals surface area contributed by atoms with Crippen LogP contribution in [0.25, 0.3) is 0 Å². The van der Waals surface area contributed by atoms with Gasteiger partial charge in [-0.05, 0) is 31.9 Å². The molecule has 1 unspecified atom stereocenters. The van der Waals surface area contributed by atoms with E-state index in [0.29, 0.717) is 11.4 Å². The van der Waals surface area contributed by atoms with Crippen LogP contribution in [0.4, 0.5) is 11.4 Å². The van der Waals surface area contributed by atoms with E-state index in [1.807, 2.05) is 0 Å².